The van der Waals surface area contributed by atoms with Crippen LogP contribution < -0.4 is 9.47 Å². The van der Waals surface area contributed by atoms with Crippen molar-refractivity contribution in [1.82, 2.24) is 0 Å². The molecular weight excluding hydrogens is 260 g/mol. The van der Waals surface area contributed by atoms with Crippen molar-refractivity contribution in [1.29, 1.82) is 0 Å². The average Bonchev–Trinajstić information content (AvgIpc) is 2.46. The molecule has 0 radical (unpaired) electrons. The van der Waals surface area contributed by atoms with E-state index in [2.05, 4.69) is 0 Å². The van der Waals surface area contributed by atoms with E-state index < -0.39 is 0 Å². The van der Waals surface area contributed by atoms with Gasteiger partial charge in [-0.25, -0.2) is 0 Å². The summed E-state index contributed by atoms with van der Waals surface area (Å²) in [7, 11) is 3.02. The first kappa shape index (κ1) is 16.2. The Bertz CT molecular complexity index is 467. The third-order valence-corrected chi connectivity index (χ3v) is 2.79. The van der Waals surface area contributed by atoms with Gasteiger partial charge in [0, 0.05) is 18.6 Å². The maximum absolute atomic E-state index is 12.0. The van der Waals surface area contributed by atoms with Crippen LogP contribution in [0.5, 0.6) is 11.5 Å². The molecule has 20 heavy (non-hydrogen) atoms. The molecule has 0 unspecified atom stereocenters. The lowest BCUT2D eigenvalue weighted by molar-refractivity contribution is -0.119. The van der Waals surface area contributed by atoms with E-state index in [4.69, 9.17) is 14.2 Å². The van der Waals surface area contributed by atoms with Gasteiger partial charge in [-0.1, -0.05) is 0 Å². The number of benzene rings is 1. The molecule has 0 spiro atoms. The first-order valence-electron chi connectivity index (χ1n) is 6.47. The largest absolute Gasteiger partial charge is 0.493 e. The molecule has 1 rings (SSSR count). The van der Waals surface area contributed by atoms with Gasteiger partial charge in [0.15, 0.2) is 17.3 Å². The molecule has 1 aromatic carbocycles. The standard InChI is InChI=1S/C15H20O5/c1-4-20-8-7-12(16)10-13(17)11-5-6-14(18-2)15(9-11)19-3/h5-6,9H,4,7-8,10H2,1-3H3. The van der Waals surface area contributed by atoms with Crippen molar-refractivity contribution < 1.29 is 23.8 Å². The van der Waals surface area contributed by atoms with E-state index >= 15 is 0 Å². The van der Waals surface area contributed by atoms with Crippen molar-refractivity contribution in [2.24, 2.45) is 0 Å². The molecule has 0 fully saturated rings. The molecule has 0 saturated heterocycles. The number of hydrogen-bond acceptors (Lipinski definition) is 5. The zero-order chi connectivity index (χ0) is 15.0. The number of ketones is 2. The number of hydrogen-bond donors (Lipinski definition) is 0. The van der Waals surface area contributed by atoms with Gasteiger partial charge >= 0.3 is 0 Å². The molecule has 0 bridgehead atoms. The van der Waals surface area contributed by atoms with E-state index in [1.54, 1.807) is 18.2 Å². The fraction of sp³-hybridized carbons (Fsp3) is 0.467. The smallest absolute Gasteiger partial charge is 0.170 e. The molecule has 0 aliphatic carbocycles. The second-order valence-corrected chi connectivity index (χ2v) is 4.16. The zero-order valence-corrected chi connectivity index (χ0v) is 12.1. The van der Waals surface area contributed by atoms with E-state index in [-0.39, 0.29) is 24.4 Å². The number of carbonyl (C=O) groups is 2. The average molecular weight is 280 g/mol. The van der Waals surface area contributed by atoms with Crippen LogP contribution in [0.2, 0.25) is 0 Å². The van der Waals surface area contributed by atoms with Crippen LogP contribution in [-0.2, 0) is 9.53 Å². The first-order valence-corrected chi connectivity index (χ1v) is 6.47. The SMILES string of the molecule is CCOCCC(=O)CC(=O)c1ccc(OC)c(OC)c1. The van der Waals surface area contributed by atoms with Crippen LogP contribution in [0, 0.1) is 0 Å². The van der Waals surface area contributed by atoms with Crippen LogP contribution in [0.15, 0.2) is 18.2 Å². The Morgan fingerprint density at radius 2 is 1.80 bits per heavy atom. The summed E-state index contributed by atoms with van der Waals surface area (Å²) < 4.78 is 15.3. The van der Waals surface area contributed by atoms with Gasteiger partial charge in [-0.15, -0.1) is 0 Å². The van der Waals surface area contributed by atoms with E-state index in [0.717, 1.165) is 0 Å². The summed E-state index contributed by atoms with van der Waals surface area (Å²) in [5.74, 6) is 0.664. The lowest BCUT2D eigenvalue weighted by Gasteiger charge is -2.09. The third-order valence-electron chi connectivity index (χ3n) is 2.79. The maximum atomic E-state index is 12.0. The summed E-state index contributed by atoms with van der Waals surface area (Å²) in [6.45, 7) is 2.78. The molecule has 0 amide bonds. The zero-order valence-electron chi connectivity index (χ0n) is 12.1. The van der Waals surface area contributed by atoms with Crippen molar-refractivity contribution in [2.45, 2.75) is 19.8 Å². The van der Waals surface area contributed by atoms with Crippen molar-refractivity contribution in [3.63, 3.8) is 0 Å². The number of methoxy groups -OCH3 is 2. The van der Waals surface area contributed by atoms with Crippen LogP contribution in [-0.4, -0.2) is 39.0 Å². The lowest BCUT2D eigenvalue weighted by Crippen LogP contribution is -2.11. The molecule has 0 saturated carbocycles. The Kier molecular flexibility index (Phi) is 6.73. The minimum Gasteiger partial charge on any atom is -0.493 e. The Labute approximate surface area is 118 Å². The van der Waals surface area contributed by atoms with Gasteiger partial charge in [0.1, 0.15) is 5.78 Å². The number of rotatable bonds is 9. The van der Waals surface area contributed by atoms with Gasteiger partial charge in [-0.2, -0.15) is 0 Å². The van der Waals surface area contributed by atoms with E-state index in [9.17, 15) is 9.59 Å². The highest BCUT2D eigenvalue weighted by atomic mass is 16.5. The molecule has 0 N–H and O–H groups in total. The van der Waals surface area contributed by atoms with Gasteiger partial charge in [0.25, 0.3) is 0 Å². The Hall–Kier alpha value is -1.88. The van der Waals surface area contributed by atoms with Gasteiger partial charge < -0.3 is 14.2 Å². The van der Waals surface area contributed by atoms with Crippen LogP contribution in [0.3, 0.4) is 0 Å². The molecule has 1 aromatic rings. The molecule has 5 nitrogen and oxygen atoms in total. The molecule has 0 aromatic heterocycles. The van der Waals surface area contributed by atoms with Crippen molar-refractivity contribution in [2.75, 3.05) is 27.4 Å². The van der Waals surface area contributed by atoms with Crippen LogP contribution in [0.1, 0.15) is 30.1 Å². The Balaban J connectivity index is 2.65. The lowest BCUT2D eigenvalue weighted by atomic mass is 10.0. The summed E-state index contributed by atoms with van der Waals surface area (Å²) in [5, 5.41) is 0. The van der Waals surface area contributed by atoms with E-state index in [1.165, 1.54) is 14.2 Å². The van der Waals surface area contributed by atoms with Gasteiger partial charge in [-0.05, 0) is 25.1 Å². The highest BCUT2D eigenvalue weighted by Gasteiger charge is 2.14. The fourth-order valence-electron chi connectivity index (χ4n) is 1.71. The van der Waals surface area contributed by atoms with Crippen molar-refractivity contribution in [3.05, 3.63) is 23.8 Å². The summed E-state index contributed by atoms with van der Waals surface area (Å²) in [6, 6.07) is 4.85. The predicted octanol–water partition coefficient (Wildman–Crippen LogP) is 2.27. The number of ether oxygens (including phenoxy) is 3. The quantitative estimate of drug-likeness (QED) is 0.394. The normalized spacial score (nSPS) is 10.2. The third kappa shape index (κ3) is 4.66. The number of carbonyl (C=O) groups excluding carboxylic acids is 2. The summed E-state index contributed by atoms with van der Waals surface area (Å²) in [5.41, 5.74) is 0.437. The Morgan fingerprint density at radius 3 is 2.40 bits per heavy atom. The minimum atomic E-state index is -0.229. The van der Waals surface area contributed by atoms with Crippen molar-refractivity contribution in [3.8, 4) is 11.5 Å². The van der Waals surface area contributed by atoms with Crippen LogP contribution in [0.4, 0.5) is 0 Å². The summed E-state index contributed by atoms with van der Waals surface area (Å²) in [6.07, 6.45) is 0.134. The Morgan fingerprint density at radius 1 is 1.10 bits per heavy atom. The van der Waals surface area contributed by atoms with Crippen LogP contribution in [0.25, 0.3) is 0 Å². The van der Waals surface area contributed by atoms with Gasteiger partial charge in [-0.3, -0.25) is 9.59 Å². The second kappa shape index (κ2) is 8.32. The maximum Gasteiger partial charge on any atom is 0.170 e. The molecule has 5 heteroatoms. The number of Topliss-reactive ketones (excluding diaryl/α,β-unsaturated/α-hetero) is 2. The van der Waals surface area contributed by atoms with Gasteiger partial charge in [0.2, 0.25) is 0 Å². The topological polar surface area (TPSA) is 61.8 Å². The van der Waals surface area contributed by atoms with Crippen LogP contribution >= 0.6 is 0 Å². The molecule has 0 aliphatic rings. The molecule has 0 atom stereocenters. The summed E-state index contributed by atoms with van der Waals surface area (Å²) in [4.78, 5) is 23.6. The predicted molar refractivity (Wildman–Crippen MR) is 74.6 cm³/mol. The van der Waals surface area contributed by atoms with E-state index in [0.29, 0.717) is 30.3 Å². The molecule has 0 heterocycles. The van der Waals surface area contributed by atoms with Crippen molar-refractivity contribution >= 4 is 11.6 Å². The highest BCUT2D eigenvalue weighted by molar-refractivity contribution is 6.08. The second-order valence-electron chi connectivity index (χ2n) is 4.16. The highest BCUT2D eigenvalue weighted by Crippen LogP contribution is 2.28. The first-order chi connectivity index (χ1) is 9.62. The van der Waals surface area contributed by atoms with E-state index in [1.807, 2.05) is 6.92 Å². The molecule has 0 aliphatic heterocycles. The summed E-state index contributed by atoms with van der Waals surface area (Å²) >= 11 is 0. The molecular formula is C15H20O5. The minimum absolute atomic E-state index is 0.122. The van der Waals surface area contributed by atoms with Gasteiger partial charge in [0.05, 0.1) is 27.2 Å². The monoisotopic (exact) mass is 280 g/mol. The molecule has 110 valence electrons. The fourth-order valence-corrected chi connectivity index (χ4v) is 1.71.